The summed E-state index contributed by atoms with van der Waals surface area (Å²) in [7, 11) is 0. The minimum atomic E-state index is -0.882. The molecule has 1 aliphatic rings. The van der Waals surface area contributed by atoms with Gasteiger partial charge < -0.3 is 10.0 Å². The zero-order chi connectivity index (χ0) is 15.6. The van der Waals surface area contributed by atoms with Gasteiger partial charge in [-0.25, -0.2) is 0 Å². The van der Waals surface area contributed by atoms with Crippen molar-refractivity contribution in [3.05, 3.63) is 33.9 Å². The van der Waals surface area contributed by atoms with Crippen LogP contribution in [0.5, 0.6) is 0 Å². The number of nitro groups is 1. The molecule has 0 atom stereocenters. The Morgan fingerprint density at radius 3 is 2.67 bits per heavy atom. The second kappa shape index (κ2) is 6.13. The number of aliphatic carboxylic acids is 1. The Labute approximate surface area is 125 Å². The van der Waals surface area contributed by atoms with Crippen molar-refractivity contribution in [1.82, 2.24) is 4.90 Å². The number of carboxylic acid groups (broad SMARTS) is 1. The first kappa shape index (κ1) is 15.3. The largest absolute Gasteiger partial charge is 0.481 e. The maximum atomic E-state index is 12.2. The number of benzene rings is 1. The monoisotopic (exact) mass is 310 g/mol. The van der Waals surface area contributed by atoms with Crippen molar-refractivity contribution in [2.75, 3.05) is 19.3 Å². The smallest absolute Gasteiger partial charge is 0.303 e. The van der Waals surface area contributed by atoms with Gasteiger partial charge >= 0.3 is 5.97 Å². The van der Waals surface area contributed by atoms with Gasteiger partial charge in [0.05, 0.1) is 16.2 Å². The van der Waals surface area contributed by atoms with E-state index in [1.807, 2.05) is 0 Å². The van der Waals surface area contributed by atoms with Gasteiger partial charge in [0.15, 0.2) is 0 Å². The van der Waals surface area contributed by atoms with Crippen LogP contribution in [0.2, 0.25) is 0 Å². The predicted molar refractivity (Wildman–Crippen MR) is 76.5 cm³/mol. The molecule has 1 N–H and O–H groups in total. The van der Waals surface area contributed by atoms with Gasteiger partial charge in [0, 0.05) is 30.6 Å². The molecule has 1 saturated heterocycles. The lowest BCUT2D eigenvalue weighted by molar-refractivity contribution is -0.387. The molecule has 8 heteroatoms. The van der Waals surface area contributed by atoms with Crippen molar-refractivity contribution in [3.63, 3.8) is 0 Å². The van der Waals surface area contributed by atoms with Crippen LogP contribution < -0.4 is 0 Å². The minimum Gasteiger partial charge on any atom is -0.481 e. The molecule has 0 radical (unpaired) electrons. The third-order valence-corrected chi connectivity index (χ3v) is 4.12. The van der Waals surface area contributed by atoms with Crippen molar-refractivity contribution >= 4 is 29.3 Å². The SMILES string of the molecule is CSc1ccc(C(=O)N2CC(CC(=O)O)C2)cc1[N+](=O)[O-]. The summed E-state index contributed by atoms with van der Waals surface area (Å²) >= 11 is 1.25. The molecule has 112 valence electrons. The summed E-state index contributed by atoms with van der Waals surface area (Å²) in [5.41, 5.74) is 0.171. The second-order valence-corrected chi connectivity index (χ2v) is 5.67. The molecule has 7 nitrogen and oxygen atoms in total. The molecule has 1 aromatic carbocycles. The van der Waals surface area contributed by atoms with E-state index in [9.17, 15) is 19.7 Å². The van der Waals surface area contributed by atoms with Crippen molar-refractivity contribution in [2.24, 2.45) is 5.92 Å². The van der Waals surface area contributed by atoms with Crippen LogP contribution in [0.3, 0.4) is 0 Å². The van der Waals surface area contributed by atoms with Gasteiger partial charge in [-0.2, -0.15) is 0 Å². The average molecular weight is 310 g/mol. The molecule has 0 unspecified atom stereocenters. The van der Waals surface area contributed by atoms with E-state index in [1.54, 1.807) is 18.4 Å². The third kappa shape index (κ3) is 3.33. The average Bonchev–Trinajstić information content (AvgIpc) is 2.40. The molecule has 21 heavy (non-hydrogen) atoms. The van der Waals surface area contributed by atoms with Crippen LogP contribution in [0.15, 0.2) is 23.1 Å². The zero-order valence-electron chi connectivity index (χ0n) is 11.3. The van der Waals surface area contributed by atoms with Crippen molar-refractivity contribution in [2.45, 2.75) is 11.3 Å². The van der Waals surface area contributed by atoms with E-state index in [1.165, 1.54) is 22.7 Å². The van der Waals surface area contributed by atoms with E-state index in [4.69, 9.17) is 5.11 Å². The highest BCUT2D eigenvalue weighted by molar-refractivity contribution is 7.98. The van der Waals surface area contributed by atoms with Gasteiger partial charge in [0.2, 0.25) is 0 Å². The molecule has 1 amide bonds. The Morgan fingerprint density at radius 2 is 2.14 bits per heavy atom. The highest BCUT2D eigenvalue weighted by Gasteiger charge is 2.33. The van der Waals surface area contributed by atoms with E-state index in [0.717, 1.165) is 0 Å². The quantitative estimate of drug-likeness (QED) is 0.506. The van der Waals surface area contributed by atoms with Crippen LogP contribution in [-0.2, 0) is 4.79 Å². The normalized spacial score (nSPS) is 14.6. The van der Waals surface area contributed by atoms with Gasteiger partial charge in [0.25, 0.3) is 11.6 Å². The number of amides is 1. The van der Waals surface area contributed by atoms with E-state index in [-0.39, 0.29) is 29.5 Å². The molecule has 1 aliphatic heterocycles. The molecule has 1 fully saturated rings. The summed E-state index contributed by atoms with van der Waals surface area (Å²) in [5.74, 6) is -1.22. The number of carbonyl (C=O) groups is 2. The van der Waals surface area contributed by atoms with E-state index < -0.39 is 10.9 Å². The van der Waals surface area contributed by atoms with Crippen molar-refractivity contribution < 1.29 is 19.6 Å². The van der Waals surface area contributed by atoms with Gasteiger partial charge in [-0.15, -0.1) is 11.8 Å². The van der Waals surface area contributed by atoms with Crippen LogP contribution in [0.1, 0.15) is 16.8 Å². The predicted octanol–water partition coefficient (Wildman–Crippen LogP) is 1.86. The molecule has 1 heterocycles. The number of hydrogen-bond donors (Lipinski definition) is 1. The first-order chi connectivity index (χ1) is 9.92. The summed E-state index contributed by atoms with van der Waals surface area (Å²) in [4.78, 5) is 35.2. The Kier molecular flexibility index (Phi) is 4.46. The third-order valence-electron chi connectivity index (χ3n) is 3.33. The molecular formula is C13H14N2O5S. The zero-order valence-corrected chi connectivity index (χ0v) is 12.1. The highest BCUT2D eigenvalue weighted by Crippen LogP contribution is 2.30. The fourth-order valence-electron chi connectivity index (χ4n) is 2.26. The molecule has 1 aromatic rings. The number of hydrogen-bond acceptors (Lipinski definition) is 5. The number of nitro benzene ring substituents is 1. The van der Waals surface area contributed by atoms with Crippen LogP contribution in [0.25, 0.3) is 0 Å². The lowest BCUT2D eigenvalue weighted by atomic mass is 9.95. The molecule has 0 aliphatic carbocycles. The maximum Gasteiger partial charge on any atom is 0.303 e. The van der Waals surface area contributed by atoms with E-state index >= 15 is 0 Å². The first-order valence-corrected chi connectivity index (χ1v) is 7.48. The molecular weight excluding hydrogens is 296 g/mol. The number of rotatable bonds is 5. The standard InChI is InChI=1S/C13H14N2O5S/c1-21-11-3-2-9(5-10(11)15(19)20)13(18)14-6-8(7-14)4-12(16)17/h2-3,5,8H,4,6-7H2,1H3,(H,16,17). The summed E-state index contributed by atoms with van der Waals surface area (Å²) in [6, 6.07) is 4.40. The number of carboxylic acids is 1. The second-order valence-electron chi connectivity index (χ2n) is 4.82. The molecule has 0 spiro atoms. The number of likely N-dealkylation sites (tertiary alicyclic amines) is 1. The van der Waals surface area contributed by atoms with Crippen LogP contribution in [0.4, 0.5) is 5.69 Å². The van der Waals surface area contributed by atoms with E-state index in [0.29, 0.717) is 18.0 Å². The molecule has 0 aromatic heterocycles. The molecule has 2 rings (SSSR count). The Hall–Kier alpha value is -2.09. The number of thioether (sulfide) groups is 1. The summed E-state index contributed by atoms with van der Waals surface area (Å²) in [6.07, 6.45) is 1.77. The minimum absolute atomic E-state index is 0.0353. The fraction of sp³-hybridized carbons (Fsp3) is 0.385. The fourth-order valence-corrected chi connectivity index (χ4v) is 2.81. The van der Waals surface area contributed by atoms with Gasteiger partial charge in [-0.3, -0.25) is 19.7 Å². The van der Waals surface area contributed by atoms with Gasteiger partial charge in [-0.1, -0.05) is 0 Å². The summed E-state index contributed by atoms with van der Waals surface area (Å²) in [6.45, 7) is 0.756. The topological polar surface area (TPSA) is 101 Å². The Bertz CT molecular complexity index is 598. The van der Waals surface area contributed by atoms with Gasteiger partial charge in [0.1, 0.15) is 0 Å². The Morgan fingerprint density at radius 1 is 1.48 bits per heavy atom. The first-order valence-electron chi connectivity index (χ1n) is 6.26. The van der Waals surface area contributed by atoms with Crippen molar-refractivity contribution in [3.8, 4) is 0 Å². The number of nitrogens with zero attached hydrogens (tertiary/aromatic N) is 2. The maximum absolute atomic E-state index is 12.2. The molecule has 0 saturated carbocycles. The molecule has 0 bridgehead atoms. The van der Waals surface area contributed by atoms with Gasteiger partial charge in [-0.05, 0) is 18.4 Å². The van der Waals surface area contributed by atoms with Crippen molar-refractivity contribution in [1.29, 1.82) is 0 Å². The summed E-state index contributed by atoms with van der Waals surface area (Å²) in [5, 5.41) is 19.6. The Balaban J connectivity index is 2.09. The van der Waals surface area contributed by atoms with E-state index in [2.05, 4.69) is 0 Å². The lowest BCUT2D eigenvalue weighted by Crippen LogP contribution is -2.50. The lowest BCUT2D eigenvalue weighted by Gasteiger charge is -2.38. The summed E-state index contributed by atoms with van der Waals surface area (Å²) < 4.78 is 0. The van der Waals surface area contributed by atoms with Crippen LogP contribution in [0, 0.1) is 16.0 Å². The highest BCUT2D eigenvalue weighted by atomic mass is 32.2. The van der Waals surface area contributed by atoms with Crippen LogP contribution in [-0.4, -0.2) is 46.2 Å². The number of carbonyl (C=O) groups excluding carboxylic acids is 1. The van der Waals surface area contributed by atoms with Crippen LogP contribution >= 0.6 is 11.8 Å².